The Morgan fingerprint density at radius 3 is 2.31 bits per heavy atom. The van der Waals surface area contributed by atoms with Gasteiger partial charge in [-0.15, -0.1) is 0 Å². The van der Waals surface area contributed by atoms with Crippen LogP contribution in [0.15, 0.2) is 65.5 Å². The molecule has 32 heavy (non-hydrogen) atoms. The lowest BCUT2D eigenvalue weighted by Crippen LogP contribution is -2.16. The first-order valence-electron chi connectivity index (χ1n) is 10.0. The van der Waals surface area contributed by atoms with Gasteiger partial charge in [0.2, 0.25) is 0 Å². The Hall–Kier alpha value is -3.78. The smallest absolute Gasteiger partial charge is 0.193 e. The van der Waals surface area contributed by atoms with Gasteiger partial charge in [-0.2, -0.15) is 0 Å². The topological polar surface area (TPSA) is 68.2 Å². The second-order valence-corrected chi connectivity index (χ2v) is 7.28. The molecule has 0 saturated heterocycles. The minimum atomic E-state index is -0.377. The third-order valence-corrected chi connectivity index (χ3v) is 4.98. The van der Waals surface area contributed by atoms with Crippen LogP contribution in [0.3, 0.4) is 0 Å². The number of aryl methyl sites for hydroxylation is 1. The minimum Gasteiger partial charge on any atom is -0.383 e. The summed E-state index contributed by atoms with van der Waals surface area (Å²) in [6.07, 6.45) is 0. The van der Waals surface area contributed by atoms with Gasteiger partial charge in [0, 0.05) is 31.1 Å². The van der Waals surface area contributed by atoms with Gasteiger partial charge in [0.15, 0.2) is 11.1 Å². The van der Waals surface area contributed by atoms with E-state index in [1.165, 1.54) is 30.3 Å². The first-order valence-corrected chi connectivity index (χ1v) is 10.0. The van der Waals surface area contributed by atoms with Crippen molar-refractivity contribution in [3.63, 3.8) is 0 Å². The number of pyridine rings is 2. The molecule has 0 amide bonds. The highest BCUT2D eigenvalue weighted by Gasteiger charge is 2.16. The highest BCUT2D eigenvalue weighted by Crippen LogP contribution is 2.27. The summed E-state index contributed by atoms with van der Waals surface area (Å²) < 4.78 is 33.8. The molecule has 2 heterocycles. The third-order valence-electron chi connectivity index (χ3n) is 4.98. The van der Waals surface area contributed by atoms with Crippen LogP contribution in [0.1, 0.15) is 5.56 Å². The van der Waals surface area contributed by atoms with Crippen LogP contribution in [0.5, 0.6) is 0 Å². The molecule has 0 aliphatic heterocycles. The number of rotatable bonds is 7. The molecule has 0 radical (unpaired) electrons. The summed E-state index contributed by atoms with van der Waals surface area (Å²) in [4.78, 5) is 17.7. The fourth-order valence-electron chi connectivity index (χ4n) is 3.49. The zero-order chi connectivity index (χ0) is 22.7. The normalized spacial score (nSPS) is 11.0. The van der Waals surface area contributed by atoms with Crippen LogP contribution in [0.2, 0.25) is 0 Å². The van der Waals surface area contributed by atoms with Crippen molar-refractivity contribution >= 4 is 28.4 Å². The lowest BCUT2D eigenvalue weighted by molar-refractivity contribution is 0.210. The molecule has 0 bridgehead atoms. The summed E-state index contributed by atoms with van der Waals surface area (Å²) in [6.45, 7) is 2.88. The number of halogens is 2. The number of anilines is 3. The molecule has 0 aliphatic rings. The second-order valence-electron chi connectivity index (χ2n) is 7.28. The molecule has 2 N–H and O–H groups in total. The number of methoxy groups -OCH3 is 1. The average Bonchev–Trinajstić information content (AvgIpc) is 2.76. The number of nitrogens with zero attached hydrogens (tertiary/aromatic N) is 2. The predicted octanol–water partition coefficient (Wildman–Crippen LogP) is 4.77. The molecule has 4 rings (SSSR count). The number of nitrogens with one attached hydrogen (secondary N) is 2. The molecule has 2 aromatic carbocycles. The lowest BCUT2D eigenvalue weighted by atomic mass is 10.1. The summed E-state index contributed by atoms with van der Waals surface area (Å²) in [6, 6.07) is 15.0. The summed E-state index contributed by atoms with van der Waals surface area (Å²) in [7, 11) is 1.61. The molecule has 164 valence electrons. The van der Waals surface area contributed by atoms with Gasteiger partial charge in [-0.05, 0) is 67.1 Å². The average molecular weight is 436 g/mol. The molecule has 0 unspecified atom stereocenters. The molecule has 8 heteroatoms. The van der Waals surface area contributed by atoms with Crippen LogP contribution >= 0.6 is 0 Å². The third kappa shape index (κ3) is 4.45. The Kier molecular flexibility index (Phi) is 6.13. The van der Waals surface area contributed by atoms with Crippen LogP contribution < -0.4 is 16.1 Å². The van der Waals surface area contributed by atoms with Crippen molar-refractivity contribution in [2.45, 2.75) is 6.92 Å². The monoisotopic (exact) mass is 436 g/mol. The van der Waals surface area contributed by atoms with E-state index < -0.39 is 0 Å². The van der Waals surface area contributed by atoms with Crippen molar-refractivity contribution in [1.82, 2.24) is 9.55 Å². The van der Waals surface area contributed by atoms with Crippen molar-refractivity contribution in [2.24, 2.45) is 0 Å². The molecular weight excluding hydrogens is 414 g/mol. The summed E-state index contributed by atoms with van der Waals surface area (Å²) in [5, 5.41) is 6.80. The highest BCUT2D eigenvalue weighted by molar-refractivity contribution is 5.85. The zero-order valence-electron chi connectivity index (χ0n) is 17.7. The van der Waals surface area contributed by atoms with Crippen molar-refractivity contribution in [2.75, 3.05) is 30.9 Å². The second kappa shape index (κ2) is 9.15. The maximum Gasteiger partial charge on any atom is 0.193 e. The maximum absolute atomic E-state index is 13.6. The minimum absolute atomic E-state index is 0.212. The summed E-state index contributed by atoms with van der Waals surface area (Å²) in [5.41, 5.74) is 2.16. The van der Waals surface area contributed by atoms with E-state index in [0.717, 1.165) is 5.56 Å². The number of fused-ring (bicyclic) bond motifs is 1. The van der Waals surface area contributed by atoms with Crippen molar-refractivity contribution in [1.29, 1.82) is 0 Å². The fraction of sp³-hybridized carbons (Fsp3) is 0.167. The number of hydrogen-bond acceptors (Lipinski definition) is 5. The summed E-state index contributed by atoms with van der Waals surface area (Å²) >= 11 is 0. The van der Waals surface area contributed by atoms with Gasteiger partial charge in [0.25, 0.3) is 0 Å². The fourth-order valence-corrected chi connectivity index (χ4v) is 3.49. The first kappa shape index (κ1) is 21.5. The van der Waals surface area contributed by atoms with E-state index >= 15 is 0 Å². The molecule has 0 aliphatic carbocycles. The predicted molar refractivity (Wildman–Crippen MR) is 122 cm³/mol. The molecule has 0 spiro atoms. The van der Waals surface area contributed by atoms with Crippen LogP contribution in [-0.4, -0.2) is 29.8 Å². The van der Waals surface area contributed by atoms with E-state index in [9.17, 15) is 13.6 Å². The van der Waals surface area contributed by atoms with E-state index in [1.54, 1.807) is 35.9 Å². The van der Waals surface area contributed by atoms with Crippen molar-refractivity contribution in [3.05, 3.63) is 88.1 Å². The van der Waals surface area contributed by atoms with Gasteiger partial charge in [0.05, 0.1) is 12.0 Å². The highest BCUT2D eigenvalue weighted by atomic mass is 19.1. The van der Waals surface area contributed by atoms with E-state index in [0.29, 0.717) is 47.2 Å². The van der Waals surface area contributed by atoms with Gasteiger partial charge < -0.3 is 15.4 Å². The molecule has 0 atom stereocenters. The lowest BCUT2D eigenvalue weighted by Gasteiger charge is -2.19. The largest absolute Gasteiger partial charge is 0.383 e. The SMILES string of the molecule is COCCNc1cc(C)c2c(=O)cc(Nc3ccc(F)cc3)n(-c3ccc(F)cc3)c2n1. The Bertz CT molecular complexity index is 1300. The molecule has 6 nitrogen and oxygen atoms in total. The van der Waals surface area contributed by atoms with E-state index in [2.05, 4.69) is 15.6 Å². The van der Waals surface area contributed by atoms with Gasteiger partial charge in [-0.1, -0.05) is 0 Å². The van der Waals surface area contributed by atoms with Gasteiger partial charge in [0.1, 0.15) is 23.3 Å². The van der Waals surface area contributed by atoms with E-state index in [1.807, 2.05) is 13.0 Å². The van der Waals surface area contributed by atoms with Crippen LogP contribution in [0, 0.1) is 18.6 Å². The number of aromatic nitrogens is 2. The summed E-state index contributed by atoms with van der Waals surface area (Å²) in [5.74, 6) is 0.259. The van der Waals surface area contributed by atoms with Gasteiger partial charge >= 0.3 is 0 Å². The van der Waals surface area contributed by atoms with Crippen LogP contribution in [0.25, 0.3) is 16.7 Å². The number of ether oxygens (including phenoxy) is 1. The Labute approximate surface area is 183 Å². The van der Waals surface area contributed by atoms with Crippen LogP contribution in [-0.2, 0) is 4.74 Å². The van der Waals surface area contributed by atoms with Crippen molar-refractivity contribution in [3.8, 4) is 5.69 Å². The zero-order valence-corrected chi connectivity index (χ0v) is 17.7. The number of hydrogen-bond donors (Lipinski definition) is 2. The van der Waals surface area contributed by atoms with E-state index in [-0.39, 0.29) is 17.1 Å². The molecule has 2 aromatic heterocycles. The molecular formula is C24H22F2N4O2. The molecule has 0 fully saturated rings. The van der Waals surface area contributed by atoms with Gasteiger partial charge in [-0.25, -0.2) is 13.8 Å². The Morgan fingerprint density at radius 2 is 1.66 bits per heavy atom. The molecule has 4 aromatic rings. The van der Waals surface area contributed by atoms with Gasteiger partial charge in [-0.3, -0.25) is 9.36 Å². The van der Waals surface area contributed by atoms with Crippen LogP contribution in [0.4, 0.5) is 26.1 Å². The van der Waals surface area contributed by atoms with E-state index in [4.69, 9.17) is 4.74 Å². The number of benzene rings is 2. The quantitative estimate of drug-likeness (QED) is 0.409. The first-order chi connectivity index (χ1) is 15.5. The standard InChI is InChI=1S/C24H22F2N4O2/c1-15-13-21(27-11-12-32-2)29-24-23(15)20(31)14-22(28-18-7-3-16(25)4-8-18)30(24)19-9-5-17(26)6-10-19/h3-10,13-14,28H,11-12H2,1-2H3,(H,27,29). The Morgan fingerprint density at radius 1 is 1.00 bits per heavy atom. The van der Waals surface area contributed by atoms with Crippen molar-refractivity contribution < 1.29 is 13.5 Å². The maximum atomic E-state index is 13.6. The Balaban J connectivity index is 1.94. The molecule has 0 saturated carbocycles.